The first-order valence-corrected chi connectivity index (χ1v) is 6.67. The summed E-state index contributed by atoms with van der Waals surface area (Å²) in [4.78, 5) is 23.6. The number of nitrogens with one attached hydrogen (secondary N) is 1. The zero-order valence-corrected chi connectivity index (χ0v) is 11.7. The molecule has 2 N–H and O–H groups in total. The summed E-state index contributed by atoms with van der Waals surface area (Å²) < 4.78 is 5.14. The molecule has 0 aromatic carbocycles. The fourth-order valence-electron chi connectivity index (χ4n) is 2.55. The van der Waals surface area contributed by atoms with Crippen LogP contribution in [0.3, 0.4) is 0 Å². The van der Waals surface area contributed by atoms with Gasteiger partial charge in [-0.2, -0.15) is 0 Å². The summed E-state index contributed by atoms with van der Waals surface area (Å²) in [6, 6.07) is 3.52. The molecule has 2 rings (SSSR count). The van der Waals surface area contributed by atoms with Crippen LogP contribution < -0.4 is 5.32 Å². The third-order valence-electron chi connectivity index (χ3n) is 3.94. The quantitative estimate of drug-likeness (QED) is 0.828. The maximum Gasteiger partial charge on any atom is 0.307 e. The van der Waals surface area contributed by atoms with Crippen LogP contribution in [-0.2, 0) is 16.1 Å². The molecule has 108 valence electrons. The van der Waals surface area contributed by atoms with Gasteiger partial charge in [0.1, 0.15) is 5.76 Å². The van der Waals surface area contributed by atoms with E-state index < -0.39 is 17.8 Å². The minimum absolute atomic E-state index is 0.222. The standard InChI is InChI=1S/C15H19NO4/c1-9-6-12(13(15(18)19)7-10(9)2)14(17)16-8-11-4-3-5-20-11/h3-5,12-13H,6-8H2,1-2H3,(H,16,17)(H,18,19)/t12-,13+/m1/s1. The normalized spacial score (nSPS) is 22.7. The Bertz CT molecular complexity index is 530. The summed E-state index contributed by atoms with van der Waals surface area (Å²) >= 11 is 0. The molecule has 1 heterocycles. The number of carboxylic acid groups (broad SMARTS) is 1. The van der Waals surface area contributed by atoms with Crippen molar-refractivity contribution in [3.8, 4) is 0 Å². The molecule has 20 heavy (non-hydrogen) atoms. The van der Waals surface area contributed by atoms with Crippen molar-refractivity contribution in [3.63, 3.8) is 0 Å². The summed E-state index contributed by atoms with van der Waals surface area (Å²) in [5.41, 5.74) is 2.19. The average molecular weight is 277 g/mol. The number of carboxylic acids is 1. The molecule has 5 nitrogen and oxygen atoms in total. The van der Waals surface area contributed by atoms with Crippen LogP contribution in [0.1, 0.15) is 32.4 Å². The van der Waals surface area contributed by atoms with E-state index in [1.807, 2.05) is 13.8 Å². The smallest absolute Gasteiger partial charge is 0.307 e. The molecular formula is C15H19NO4. The second kappa shape index (κ2) is 5.94. The number of aliphatic carboxylic acids is 1. The van der Waals surface area contributed by atoms with Gasteiger partial charge in [0, 0.05) is 0 Å². The number of furan rings is 1. The van der Waals surface area contributed by atoms with Gasteiger partial charge in [-0.3, -0.25) is 9.59 Å². The van der Waals surface area contributed by atoms with Gasteiger partial charge >= 0.3 is 5.97 Å². The Kier molecular flexibility index (Phi) is 4.27. The van der Waals surface area contributed by atoms with E-state index >= 15 is 0 Å². The molecule has 1 aromatic heterocycles. The number of carbonyl (C=O) groups is 2. The zero-order chi connectivity index (χ0) is 14.7. The maximum absolute atomic E-state index is 12.2. The Labute approximate surface area is 117 Å². The van der Waals surface area contributed by atoms with Crippen molar-refractivity contribution in [2.24, 2.45) is 11.8 Å². The lowest BCUT2D eigenvalue weighted by Crippen LogP contribution is -2.39. The van der Waals surface area contributed by atoms with Crippen LogP contribution >= 0.6 is 0 Å². The first-order valence-electron chi connectivity index (χ1n) is 6.67. The minimum atomic E-state index is -0.907. The van der Waals surface area contributed by atoms with Gasteiger partial charge in [0.2, 0.25) is 5.91 Å². The molecule has 1 aliphatic rings. The third-order valence-corrected chi connectivity index (χ3v) is 3.94. The molecule has 0 saturated carbocycles. The van der Waals surface area contributed by atoms with Crippen LogP contribution in [0.4, 0.5) is 0 Å². The number of allylic oxidation sites excluding steroid dienone is 2. The molecule has 0 spiro atoms. The van der Waals surface area contributed by atoms with E-state index in [1.54, 1.807) is 18.4 Å². The van der Waals surface area contributed by atoms with Crippen LogP contribution in [0.2, 0.25) is 0 Å². The van der Waals surface area contributed by atoms with Crippen LogP contribution in [0.15, 0.2) is 34.0 Å². The number of carbonyl (C=O) groups excluding carboxylic acids is 1. The van der Waals surface area contributed by atoms with Crippen LogP contribution in [-0.4, -0.2) is 17.0 Å². The summed E-state index contributed by atoms with van der Waals surface area (Å²) in [6.07, 6.45) is 2.49. The maximum atomic E-state index is 12.2. The van der Waals surface area contributed by atoms with E-state index in [-0.39, 0.29) is 12.5 Å². The highest BCUT2D eigenvalue weighted by atomic mass is 16.4. The minimum Gasteiger partial charge on any atom is -0.481 e. The molecule has 1 amide bonds. The lowest BCUT2D eigenvalue weighted by molar-refractivity contribution is -0.147. The predicted molar refractivity (Wildman–Crippen MR) is 72.8 cm³/mol. The Morgan fingerprint density at radius 1 is 1.30 bits per heavy atom. The molecule has 1 aromatic rings. The predicted octanol–water partition coefficient (Wildman–Crippen LogP) is 2.34. The second-order valence-electron chi connectivity index (χ2n) is 5.32. The van der Waals surface area contributed by atoms with Crippen LogP contribution in [0, 0.1) is 11.8 Å². The van der Waals surface area contributed by atoms with E-state index in [0.717, 1.165) is 11.1 Å². The van der Waals surface area contributed by atoms with E-state index in [9.17, 15) is 14.7 Å². The van der Waals surface area contributed by atoms with Crippen molar-refractivity contribution in [1.82, 2.24) is 5.32 Å². The van der Waals surface area contributed by atoms with Gasteiger partial charge in [-0.25, -0.2) is 0 Å². The highest BCUT2D eigenvalue weighted by molar-refractivity contribution is 5.85. The summed E-state index contributed by atoms with van der Waals surface area (Å²) in [5, 5.41) is 12.0. The molecule has 0 aliphatic heterocycles. The van der Waals surface area contributed by atoms with E-state index in [0.29, 0.717) is 18.6 Å². The highest BCUT2D eigenvalue weighted by Gasteiger charge is 2.37. The fraction of sp³-hybridized carbons (Fsp3) is 0.467. The Balaban J connectivity index is 2.04. The van der Waals surface area contributed by atoms with E-state index in [4.69, 9.17) is 4.42 Å². The van der Waals surface area contributed by atoms with Gasteiger partial charge in [-0.15, -0.1) is 0 Å². The molecule has 1 aliphatic carbocycles. The molecule has 0 radical (unpaired) electrons. The molecule has 0 bridgehead atoms. The second-order valence-corrected chi connectivity index (χ2v) is 5.32. The fourth-order valence-corrected chi connectivity index (χ4v) is 2.55. The average Bonchev–Trinajstić information content (AvgIpc) is 2.91. The van der Waals surface area contributed by atoms with Crippen molar-refractivity contribution >= 4 is 11.9 Å². The monoisotopic (exact) mass is 277 g/mol. The van der Waals surface area contributed by atoms with Crippen LogP contribution in [0.25, 0.3) is 0 Å². The molecule has 2 atom stereocenters. The van der Waals surface area contributed by atoms with Gasteiger partial charge in [0.05, 0.1) is 24.6 Å². The number of hydrogen-bond donors (Lipinski definition) is 2. The van der Waals surface area contributed by atoms with Crippen molar-refractivity contribution in [1.29, 1.82) is 0 Å². The number of amides is 1. The lowest BCUT2D eigenvalue weighted by Gasteiger charge is -2.29. The van der Waals surface area contributed by atoms with Gasteiger partial charge in [0.15, 0.2) is 0 Å². The van der Waals surface area contributed by atoms with Crippen molar-refractivity contribution in [2.75, 3.05) is 0 Å². The Morgan fingerprint density at radius 2 is 1.95 bits per heavy atom. The van der Waals surface area contributed by atoms with Crippen LogP contribution in [0.5, 0.6) is 0 Å². The van der Waals surface area contributed by atoms with Crippen molar-refractivity contribution in [2.45, 2.75) is 33.2 Å². The summed E-state index contributed by atoms with van der Waals surface area (Å²) in [7, 11) is 0. The van der Waals surface area contributed by atoms with Gasteiger partial charge in [0.25, 0.3) is 0 Å². The van der Waals surface area contributed by atoms with Crippen molar-refractivity contribution in [3.05, 3.63) is 35.3 Å². The first-order chi connectivity index (χ1) is 9.49. The molecular weight excluding hydrogens is 258 g/mol. The lowest BCUT2D eigenvalue weighted by atomic mass is 9.76. The largest absolute Gasteiger partial charge is 0.481 e. The topological polar surface area (TPSA) is 79.5 Å². The number of hydrogen-bond acceptors (Lipinski definition) is 3. The summed E-state index contributed by atoms with van der Waals surface area (Å²) in [5.74, 6) is -1.62. The Morgan fingerprint density at radius 3 is 2.50 bits per heavy atom. The zero-order valence-electron chi connectivity index (χ0n) is 11.7. The summed E-state index contributed by atoms with van der Waals surface area (Å²) in [6.45, 7) is 4.18. The van der Waals surface area contributed by atoms with E-state index in [1.165, 1.54) is 0 Å². The van der Waals surface area contributed by atoms with E-state index in [2.05, 4.69) is 5.32 Å². The molecule has 0 unspecified atom stereocenters. The van der Waals surface area contributed by atoms with Gasteiger partial charge in [-0.1, -0.05) is 11.1 Å². The molecule has 0 fully saturated rings. The first kappa shape index (κ1) is 14.4. The number of rotatable bonds is 4. The highest BCUT2D eigenvalue weighted by Crippen LogP contribution is 2.34. The SMILES string of the molecule is CC1=C(C)C[C@@H](C(=O)NCc2ccco2)[C@@H](C(=O)O)C1. The van der Waals surface area contributed by atoms with Gasteiger partial charge < -0.3 is 14.8 Å². The molecule has 5 heteroatoms. The Hall–Kier alpha value is -2.04. The van der Waals surface area contributed by atoms with Gasteiger partial charge in [-0.05, 0) is 38.8 Å². The third kappa shape index (κ3) is 3.10. The molecule has 0 saturated heterocycles. The van der Waals surface area contributed by atoms with Crippen molar-refractivity contribution < 1.29 is 19.1 Å².